The molecule has 0 spiro atoms. The van der Waals surface area contributed by atoms with Gasteiger partial charge >= 0.3 is 0 Å². The lowest BCUT2D eigenvalue weighted by atomic mass is 10.1. The number of carbonyl (C=O) groups excluding carboxylic acids is 2. The molecule has 3 aromatic rings. The zero-order chi connectivity index (χ0) is 21.1. The first-order chi connectivity index (χ1) is 14.4. The van der Waals surface area contributed by atoms with E-state index in [9.17, 15) is 18.0 Å². The van der Waals surface area contributed by atoms with Gasteiger partial charge in [0.15, 0.2) is 5.13 Å². The standard InChI is InChI=1S/C20H18N4O4S2/c25-18-2-1-12-24(18)16-7-3-14(4-8-16)19(26)22-15-5-9-17(10-6-15)30(27,28)23-20-21-11-13-29-20/h3-11,13H,1-2,12H2,(H,21,23)(H,22,26). The molecular formula is C20H18N4O4S2. The van der Waals surface area contributed by atoms with Crippen LogP contribution in [0.5, 0.6) is 0 Å². The third-order valence-electron chi connectivity index (χ3n) is 4.59. The molecule has 2 heterocycles. The molecule has 2 amide bonds. The van der Waals surface area contributed by atoms with E-state index in [0.717, 1.165) is 12.1 Å². The van der Waals surface area contributed by atoms with Gasteiger partial charge in [0.25, 0.3) is 15.9 Å². The molecule has 8 nitrogen and oxygen atoms in total. The van der Waals surface area contributed by atoms with E-state index in [1.54, 1.807) is 34.5 Å². The number of nitrogens with one attached hydrogen (secondary N) is 2. The highest BCUT2D eigenvalue weighted by molar-refractivity contribution is 7.93. The number of thiazole rings is 1. The molecule has 1 aromatic heterocycles. The minimum absolute atomic E-state index is 0.0651. The van der Waals surface area contributed by atoms with Crippen LogP contribution in [0.15, 0.2) is 65.0 Å². The Morgan fingerprint density at radius 2 is 1.80 bits per heavy atom. The predicted octanol–water partition coefficient (Wildman–Crippen LogP) is 3.32. The number of hydrogen-bond donors (Lipinski definition) is 2. The van der Waals surface area contributed by atoms with Gasteiger partial charge in [0.1, 0.15) is 0 Å². The molecule has 0 radical (unpaired) electrons. The van der Waals surface area contributed by atoms with Crippen LogP contribution in [0.2, 0.25) is 0 Å². The van der Waals surface area contributed by atoms with Crippen molar-refractivity contribution in [1.29, 1.82) is 0 Å². The second kappa shape index (κ2) is 8.25. The molecule has 0 aliphatic carbocycles. The summed E-state index contributed by atoms with van der Waals surface area (Å²) in [6.45, 7) is 0.692. The summed E-state index contributed by atoms with van der Waals surface area (Å²) in [5.41, 5.74) is 1.68. The molecule has 0 unspecified atom stereocenters. The van der Waals surface area contributed by atoms with E-state index in [1.165, 1.54) is 41.8 Å². The van der Waals surface area contributed by atoms with Gasteiger partial charge in [-0.25, -0.2) is 13.4 Å². The molecule has 10 heteroatoms. The summed E-state index contributed by atoms with van der Waals surface area (Å²) in [6, 6.07) is 12.7. The summed E-state index contributed by atoms with van der Waals surface area (Å²) in [7, 11) is -3.75. The molecule has 0 bridgehead atoms. The van der Waals surface area contributed by atoms with E-state index in [-0.39, 0.29) is 21.8 Å². The lowest BCUT2D eigenvalue weighted by Crippen LogP contribution is -2.23. The van der Waals surface area contributed by atoms with Crippen LogP contribution < -0.4 is 14.9 Å². The Kier molecular flexibility index (Phi) is 5.51. The first-order valence-electron chi connectivity index (χ1n) is 9.16. The Morgan fingerprint density at radius 3 is 2.40 bits per heavy atom. The van der Waals surface area contributed by atoms with Crippen LogP contribution in [0.1, 0.15) is 23.2 Å². The minimum Gasteiger partial charge on any atom is -0.322 e. The van der Waals surface area contributed by atoms with Crippen LogP contribution in [0.3, 0.4) is 0 Å². The van der Waals surface area contributed by atoms with Gasteiger partial charge in [-0.3, -0.25) is 14.3 Å². The maximum atomic E-state index is 12.5. The summed E-state index contributed by atoms with van der Waals surface area (Å²) in [6.07, 6.45) is 2.90. The summed E-state index contributed by atoms with van der Waals surface area (Å²) in [5, 5.41) is 4.69. The molecule has 0 saturated carbocycles. The van der Waals surface area contributed by atoms with Gasteiger partial charge in [-0.2, -0.15) is 0 Å². The number of hydrogen-bond acceptors (Lipinski definition) is 6. The van der Waals surface area contributed by atoms with Crippen LogP contribution in [0.4, 0.5) is 16.5 Å². The highest BCUT2D eigenvalue weighted by Crippen LogP contribution is 2.23. The maximum Gasteiger partial charge on any atom is 0.263 e. The van der Waals surface area contributed by atoms with Gasteiger partial charge in [-0.1, -0.05) is 0 Å². The predicted molar refractivity (Wildman–Crippen MR) is 115 cm³/mol. The molecule has 30 heavy (non-hydrogen) atoms. The molecule has 1 aliphatic rings. The Hall–Kier alpha value is -3.24. The number of sulfonamides is 1. The van der Waals surface area contributed by atoms with Crippen molar-refractivity contribution < 1.29 is 18.0 Å². The van der Waals surface area contributed by atoms with Crippen LogP contribution in [0, 0.1) is 0 Å². The van der Waals surface area contributed by atoms with E-state index < -0.39 is 10.0 Å². The second-order valence-corrected chi connectivity index (χ2v) is 9.19. The summed E-state index contributed by atoms with van der Waals surface area (Å²) in [5.74, 6) is -0.239. The summed E-state index contributed by atoms with van der Waals surface area (Å²) >= 11 is 1.18. The highest BCUT2D eigenvalue weighted by atomic mass is 32.2. The number of nitrogens with zero attached hydrogens (tertiary/aromatic N) is 2. The minimum atomic E-state index is -3.75. The average molecular weight is 443 g/mol. The molecular weight excluding hydrogens is 424 g/mol. The Labute approximate surface area is 177 Å². The van der Waals surface area contributed by atoms with Crippen LogP contribution >= 0.6 is 11.3 Å². The number of aromatic nitrogens is 1. The van der Waals surface area contributed by atoms with E-state index in [0.29, 0.717) is 24.2 Å². The molecule has 154 valence electrons. The van der Waals surface area contributed by atoms with Crippen molar-refractivity contribution >= 4 is 49.7 Å². The smallest absolute Gasteiger partial charge is 0.263 e. The highest BCUT2D eigenvalue weighted by Gasteiger charge is 2.21. The molecule has 2 N–H and O–H groups in total. The quantitative estimate of drug-likeness (QED) is 0.609. The van der Waals surface area contributed by atoms with Gasteiger partial charge < -0.3 is 10.2 Å². The van der Waals surface area contributed by atoms with Gasteiger partial charge in [0.2, 0.25) is 5.91 Å². The van der Waals surface area contributed by atoms with Crippen LogP contribution in [-0.2, 0) is 14.8 Å². The van der Waals surface area contributed by atoms with E-state index >= 15 is 0 Å². The number of benzene rings is 2. The first-order valence-corrected chi connectivity index (χ1v) is 11.5. The topological polar surface area (TPSA) is 108 Å². The zero-order valence-corrected chi connectivity index (χ0v) is 17.4. The number of carbonyl (C=O) groups is 2. The fourth-order valence-corrected chi connectivity index (χ4v) is 4.87. The molecule has 1 saturated heterocycles. The van der Waals surface area contributed by atoms with E-state index in [1.807, 2.05) is 0 Å². The van der Waals surface area contributed by atoms with Gasteiger partial charge in [-0.15, -0.1) is 11.3 Å². The van der Waals surface area contributed by atoms with Crippen molar-refractivity contribution in [2.45, 2.75) is 17.7 Å². The largest absolute Gasteiger partial charge is 0.322 e. The number of amides is 2. The van der Waals surface area contributed by atoms with Gasteiger partial charge in [-0.05, 0) is 55.0 Å². The van der Waals surface area contributed by atoms with Crippen molar-refractivity contribution in [3.05, 3.63) is 65.7 Å². The second-order valence-electron chi connectivity index (χ2n) is 6.62. The fraction of sp³-hybridized carbons (Fsp3) is 0.150. The third kappa shape index (κ3) is 4.34. The maximum absolute atomic E-state index is 12.5. The van der Waals surface area contributed by atoms with Gasteiger partial charge in [0.05, 0.1) is 4.90 Å². The number of rotatable bonds is 6. The molecule has 4 rings (SSSR count). The molecule has 0 atom stereocenters. The normalized spacial score (nSPS) is 14.0. The van der Waals surface area contributed by atoms with Crippen molar-refractivity contribution in [3.63, 3.8) is 0 Å². The van der Waals surface area contributed by atoms with Crippen LogP contribution in [-0.4, -0.2) is 31.8 Å². The third-order valence-corrected chi connectivity index (χ3v) is 6.76. The average Bonchev–Trinajstić information content (AvgIpc) is 3.40. The van der Waals surface area contributed by atoms with E-state index in [4.69, 9.17) is 0 Å². The van der Waals surface area contributed by atoms with Gasteiger partial charge in [0, 0.05) is 41.5 Å². The lowest BCUT2D eigenvalue weighted by Gasteiger charge is -2.15. The number of anilines is 3. The van der Waals surface area contributed by atoms with E-state index in [2.05, 4.69) is 15.0 Å². The summed E-state index contributed by atoms with van der Waals surface area (Å²) in [4.78, 5) is 30.0. The molecule has 1 aliphatic heterocycles. The SMILES string of the molecule is O=C(Nc1ccc(S(=O)(=O)Nc2nccs2)cc1)c1ccc(N2CCCC2=O)cc1. The zero-order valence-electron chi connectivity index (χ0n) is 15.7. The Morgan fingerprint density at radius 1 is 1.07 bits per heavy atom. The Bertz CT molecular complexity index is 1160. The van der Waals surface area contributed by atoms with Crippen molar-refractivity contribution in [3.8, 4) is 0 Å². The van der Waals surface area contributed by atoms with Crippen molar-refractivity contribution in [2.24, 2.45) is 0 Å². The Balaban J connectivity index is 1.41. The monoisotopic (exact) mass is 442 g/mol. The molecule has 2 aromatic carbocycles. The first kappa shape index (κ1) is 20.0. The summed E-state index contributed by atoms with van der Waals surface area (Å²) < 4.78 is 27.1. The van der Waals surface area contributed by atoms with Crippen molar-refractivity contribution in [1.82, 2.24) is 4.98 Å². The fourth-order valence-electron chi connectivity index (χ4n) is 3.08. The molecule has 1 fully saturated rings. The van der Waals surface area contributed by atoms with Crippen molar-refractivity contribution in [2.75, 3.05) is 21.5 Å². The lowest BCUT2D eigenvalue weighted by molar-refractivity contribution is -0.117. The van der Waals surface area contributed by atoms with Crippen LogP contribution in [0.25, 0.3) is 0 Å².